The van der Waals surface area contributed by atoms with Crippen LogP contribution in [0.3, 0.4) is 0 Å². The van der Waals surface area contributed by atoms with Crippen molar-refractivity contribution in [2.45, 2.75) is 32.7 Å². The number of nitrogens with two attached hydrogens (primary N) is 1. The molecule has 4 nitrogen and oxygen atoms in total. The number of alkyl halides is 1. The largest absolute Gasteiger partial charge is 0.368 e. The maximum absolute atomic E-state index is 11.8. The van der Waals surface area contributed by atoms with Crippen LogP contribution in [-0.4, -0.2) is 15.5 Å². The van der Waals surface area contributed by atoms with Gasteiger partial charge in [0.2, 0.25) is 5.91 Å². The Hall–Kier alpha value is -1.55. The third kappa shape index (κ3) is 2.32. The Morgan fingerprint density at radius 2 is 2.16 bits per heavy atom. The summed E-state index contributed by atoms with van der Waals surface area (Å²) in [5, 5.41) is 0. The van der Waals surface area contributed by atoms with Gasteiger partial charge in [-0.05, 0) is 24.5 Å². The molecule has 2 rings (SSSR count). The highest BCUT2D eigenvalue weighted by molar-refractivity contribution is 6.17. The Morgan fingerprint density at radius 3 is 2.68 bits per heavy atom. The van der Waals surface area contributed by atoms with Crippen molar-refractivity contribution in [2.75, 3.05) is 0 Å². The van der Waals surface area contributed by atoms with Gasteiger partial charge in [0.25, 0.3) is 0 Å². The van der Waals surface area contributed by atoms with Crippen LogP contribution in [0.15, 0.2) is 18.2 Å². The summed E-state index contributed by atoms with van der Waals surface area (Å²) in [5.41, 5.74) is 8.41. The van der Waals surface area contributed by atoms with Crippen molar-refractivity contribution in [1.82, 2.24) is 9.55 Å². The summed E-state index contributed by atoms with van der Waals surface area (Å²) in [6.07, 6.45) is 0. The molecule has 1 aromatic heterocycles. The average Bonchev–Trinajstić information content (AvgIpc) is 2.69. The quantitative estimate of drug-likeness (QED) is 0.875. The van der Waals surface area contributed by atoms with Crippen molar-refractivity contribution in [1.29, 1.82) is 0 Å². The fourth-order valence-electron chi connectivity index (χ4n) is 2.46. The molecule has 0 aliphatic heterocycles. The van der Waals surface area contributed by atoms with E-state index in [0.29, 0.717) is 5.82 Å². The number of aryl methyl sites for hydroxylation is 1. The fourth-order valence-corrected chi connectivity index (χ4v) is 2.65. The zero-order valence-electron chi connectivity index (χ0n) is 11.4. The minimum atomic E-state index is -0.430. The van der Waals surface area contributed by atoms with Crippen LogP contribution in [-0.2, 0) is 10.7 Å². The standard InChI is InChI=1S/C14H18ClN3O/c1-8(2)13(14(16)19)18-10-6-4-5-9(3)12(10)17-11(18)7-15/h4-6,8,13H,7H2,1-3H3,(H2,16,19). The Labute approximate surface area is 117 Å². The van der Waals surface area contributed by atoms with Crippen LogP contribution in [0.4, 0.5) is 0 Å². The number of hydrogen-bond donors (Lipinski definition) is 1. The first-order valence-electron chi connectivity index (χ1n) is 6.29. The van der Waals surface area contributed by atoms with Crippen LogP contribution >= 0.6 is 11.6 Å². The zero-order chi connectivity index (χ0) is 14.2. The van der Waals surface area contributed by atoms with E-state index in [1.54, 1.807) is 0 Å². The highest BCUT2D eigenvalue weighted by Crippen LogP contribution is 2.28. The molecule has 1 amide bonds. The molecule has 1 aromatic carbocycles. The lowest BCUT2D eigenvalue weighted by molar-refractivity contribution is -0.122. The van der Waals surface area contributed by atoms with E-state index in [1.165, 1.54) is 0 Å². The Balaban J connectivity index is 2.76. The fraction of sp³-hybridized carbons (Fsp3) is 0.429. The molecule has 1 heterocycles. The molecule has 1 unspecified atom stereocenters. The zero-order valence-corrected chi connectivity index (χ0v) is 12.1. The third-order valence-electron chi connectivity index (χ3n) is 3.32. The van der Waals surface area contributed by atoms with E-state index in [1.807, 2.05) is 43.5 Å². The predicted molar refractivity (Wildman–Crippen MR) is 77.1 cm³/mol. The molecule has 5 heteroatoms. The summed E-state index contributed by atoms with van der Waals surface area (Å²) in [7, 11) is 0. The van der Waals surface area contributed by atoms with Gasteiger partial charge >= 0.3 is 0 Å². The van der Waals surface area contributed by atoms with Gasteiger partial charge in [-0.15, -0.1) is 11.6 Å². The predicted octanol–water partition coefficient (Wildman–Crippen LogP) is 2.77. The molecule has 0 saturated heterocycles. The number of carbonyl (C=O) groups excluding carboxylic acids is 1. The van der Waals surface area contributed by atoms with Crippen molar-refractivity contribution in [2.24, 2.45) is 11.7 Å². The molecular weight excluding hydrogens is 262 g/mol. The molecule has 0 bridgehead atoms. The lowest BCUT2D eigenvalue weighted by atomic mass is 10.0. The normalized spacial score (nSPS) is 13.1. The molecule has 0 radical (unpaired) electrons. The van der Waals surface area contributed by atoms with Crippen LogP contribution in [0.2, 0.25) is 0 Å². The first kappa shape index (κ1) is 13.9. The third-order valence-corrected chi connectivity index (χ3v) is 3.55. The van der Waals surface area contributed by atoms with E-state index in [0.717, 1.165) is 16.6 Å². The molecule has 102 valence electrons. The highest BCUT2D eigenvalue weighted by Gasteiger charge is 2.26. The van der Waals surface area contributed by atoms with Gasteiger partial charge in [-0.25, -0.2) is 4.98 Å². The topological polar surface area (TPSA) is 60.9 Å². The molecule has 0 saturated carbocycles. The number of rotatable bonds is 4. The summed E-state index contributed by atoms with van der Waals surface area (Å²) >= 11 is 5.97. The van der Waals surface area contributed by atoms with Gasteiger partial charge in [-0.2, -0.15) is 0 Å². The molecule has 0 spiro atoms. The van der Waals surface area contributed by atoms with Crippen LogP contribution in [0.1, 0.15) is 31.3 Å². The Morgan fingerprint density at radius 1 is 1.47 bits per heavy atom. The number of aromatic nitrogens is 2. The van der Waals surface area contributed by atoms with Crippen molar-refractivity contribution in [3.63, 3.8) is 0 Å². The molecule has 0 aliphatic rings. The van der Waals surface area contributed by atoms with E-state index in [2.05, 4.69) is 4.98 Å². The maximum atomic E-state index is 11.8. The van der Waals surface area contributed by atoms with Crippen LogP contribution < -0.4 is 5.73 Å². The SMILES string of the molecule is Cc1cccc2c1nc(CCl)n2C(C(N)=O)C(C)C. The Bertz CT molecular complexity index is 618. The second kappa shape index (κ2) is 5.21. The van der Waals surface area contributed by atoms with Crippen LogP contribution in [0, 0.1) is 12.8 Å². The van der Waals surface area contributed by atoms with Crippen LogP contribution in [0.25, 0.3) is 11.0 Å². The second-order valence-electron chi connectivity index (χ2n) is 5.07. The lowest BCUT2D eigenvalue weighted by Crippen LogP contribution is -2.31. The summed E-state index contributed by atoms with van der Waals surface area (Å²) < 4.78 is 1.88. The monoisotopic (exact) mass is 279 g/mol. The van der Waals surface area contributed by atoms with E-state index >= 15 is 0 Å². The summed E-state index contributed by atoms with van der Waals surface area (Å²) in [4.78, 5) is 16.3. The molecule has 19 heavy (non-hydrogen) atoms. The molecule has 2 N–H and O–H groups in total. The summed E-state index contributed by atoms with van der Waals surface area (Å²) in [6.45, 7) is 5.93. The molecule has 0 aliphatic carbocycles. The van der Waals surface area contributed by atoms with Crippen molar-refractivity contribution < 1.29 is 4.79 Å². The van der Waals surface area contributed by atoms with Gasteiger partial charge < -0.3 is 10.3 Å². The number of primary amides is 1. The van der Waals surface area contributed by atoms with Gasteiger partial charge in [0.1, 0.15) is 11.9 Å². The Kier molecular flexibility index (Phi) is 3.80. The number of carbonyl (C=O) groups is 1. The van der Waals surface area contributed by atoms with Crippen molar-refractivity contribution >= 4 is 28.5 Å². The number of benzene rings is 1. The maximum Gasteiger partial charge on any atom is 0.240 e. The van der Waals surface area contributed by atoms with Gasteiger partial charge in [-0.1, -0.05) is 26.0 Å². The number of fused-ring (bicyclic) bond motifs is 1. The summed E-state index contributed by atoms with van der Waals surface area (Å²) in [5.74, 6) is 0.660. The number of nitrogens with zero attached hydrogens (tertiary/aromatic N) is 2. The van der Waals surface area contributed by atoms with Gasteiger partial charge in [0.15, 0.2) is 0 Å². The molecular formula is C14H18ClN3O. The minimum absolute atomic E-state index is 0.0809. The number of halogens is 1. The van der Waals surface area contributed by atoms with Gasteiger partial charge in [0.05, 0.1) is 16.9 Å². The number of para-hydroxylation sites is 1. The summed E-state index contributed by atoms with van der Waals surface area (Å²) in [6, 6.07) is 5.46. The first-order valence-corrected chi connectivity index (χ1v) is 6.82. The number of amides is 1. The molecule has 0 fully saturated rings. The molecule has 1 atom stereocenters. The van der Waals surface area contributed by atoms with E-state index in [9.17, 15) is 4.79 Å². The second-order valence-corrected chi connectivity index (χ2v) is 5.33. The average molecular weight is 280 g/mol. The first-order chi connectivity index (χ1) is 8.97. The lowest BCUT2D eigenvalue weighted by Gasteiger charge is -2.21. The van der Waals surface area contributed by atoms with E-state index < -0.39 is 6.04 Å². The van der Waals surface area contributed by atoms with Crippen LogP contribution in [0.5, 0.6) is 0 Å². The minimum Gasteiger partial charge on any atom is -0.368 e. The number of imidazole rings is 1. The highest BCUT2D eigenvalue weighted by atomic mass is 35.5. The number of hydrogen-bond acceptors (Lipinski definition) is 2. The van der Waals surface area contributed by atoms with Gasteiger partial charge in [-0.3, -0.25) is 4.79 Å². The van der Waals surface area contributed by atoms with Crippen molar-refractivity contribution in [3.8, 4) is 0 Å². The molecule has 2 aromatic rings. The van der Waals surface area contributed by atoms with Crippen molar-refractivity contribution in [3.05, 3.63) is 29.6 Å². The smallest absolute Gasteiger partial charge is 0.240 e. The van der Waals surface area contributed by atoms with Gasteiger partial charge in [0, 0.05) is 0 Å². The van der Waals surface area contributed by atoms with E-state index in [4.69, 9.17) is 17.3 Å². The van der Waals surface area contributed by atoms with E-state index in [-0.39, 0.29) is 17.7 Å².